The number of amides is 2. The van der Waals surface area contributed by atoms with E-state index in [0.717, 1.165) is 90.9 Å². The molecule has 45 heavy (non-hydrogen) atoms. The molecule has 4 N–H and O–H groups in total. The Kier molecular flexibility index (Phi) is 8.95. The molecule has 2 saturated heterocycles. The Bertz CT molecular complexity index is 1550. The summed E-state index contributed by atoms with van der Waals surface area (Å²) in [6.45, 7) is 7.47. The summed E-state index contributed by atoms with van der Waals surface area (Å²) in [7, 11) is 0. The van der Waals surface area contributed by atoms with Crippen molar-refractivity contribution in [1.82, 2.24) is 10.2 Å². The number of fused-ring (bicyclic) bond motifs is 2. The summed E-state index contributed by atoms with van der Waals surface area (Å²) in [5, 5.41) is 13.8. The number of nitrogens with zero attached hydrogens (tertiary/aromatic N) is 1. The third kappa shape index (κ3) is 6.76. The van der Waals surface area contributed by atoms with Crippen molar-refractivity contribution in [2.45, 2.75) is 76.3 Å². The lowest BCUT2D eigenvalue weighted by Crippen LogP contribution is -2.51. The monoisotopic (exact) mass is 607 g/mol. The minimum Gasteiger partial charge on any atom is -0.379 e. The normalized spacial score (nSPS) is 19.9. The quantitative estimate of drug-likeness (QED) is 0.239. The van der Waals surface area contributed by atoms with E-state index in [9.17, 15) is 14.4 Å². The first-order valence-electron chi connectivity index (χ1n) is 16.4. The number of hydrogen-bond donors (Lipinski definition) is 4. The van der Waals surface area contributed by atoms with Crippen molar-refractivity contribution < 1.29 is 14.4 Å². The van der Waals surface area contributed by atoms with Crippen LogP contribution in [0.4, 0.5) is 21.9 Å². The van der Waals surface area contributed by atoms with Crippen molar-refractivity contribution in [3.63, 3.8) is 0 Å². The molecule has 0 saturated carbocycles. The highest BCUT2D eigenvalue weighted by atomic mass is 16.2. The molecule has 8 heteroatoms. The molecular formula is C37H45N5O3. The van der Waals surface area contributed by atoms with Crippen molar-refractivity contribution in [1.29, 1.82) is 0 Å². The highest BCUT2D eigenvalue weighted by molar-refractivity contribution is 6.02. The van der Waals surface area contributed by atoms with Crippen molar-refractivity contribution >= 4 is 34.7 Å². The van der Waals surface area contributed by atoms with Crippen LogP contribution in [0.2, 0.25) is 0 Å². The minimum absolute atomic E-state index is 0.0441. The topological polar surface area (TPSA) is 103 Å². The van der Waals surface area contributed by atoms with Gasteiger partial charge in [-0.15, -0.1) is 0 Å². The lowest BCUT2D eigenvalue weighted by molar-refractivity contribution is 0.0963. The van der Waals surface area contributed by atoms with Gasteiger partial charge in [-0.25, -0.2) is 4.79 Å². The van der Waals surface area contributed by atoms with Crippen LogP contribution in [0.1, 0.15) is 83.2 Å². The van der Waals surface area contributed by atoms with E-state index in [1.54, 1.807) is 0 Å². The van der Waals surface area contributed by atoms with E-state index in [0.29, 0.717) is 25.9 Å². The fourth-order valence-corrected chi connectivity index (χ4v) is 7.33. The van der Waals surface area contributed by atoms with Gasteiger partial charge in [0.15, 0.2) is 11.6 Å². The van der Waals surface area contributed by atoms with Gasteiger partial charge in [-0.1, -0.05) is 42.5 Å². The summed E-state index contributed by atoms with van der Waals surface area (Å²) in [4.78, 5) is 39.2. The smallest absolute Gasteiger partial charge is 0.321 e. The number of urea groups is 1. The van der Waals surface area contributed by atoms with E-state index in [4.69, 9.17) is 0 Å². The third-order valence-electron chi connectivity index (χ3n) is 10.2. The Morgan fingerprint density at radius 3 is 1.69 bits per heavy atom. The van der Waals surface area contributed by atoms with Crippen molar-refractivity contribution in [2.75, 3.05) is 42.1 Å². The molecule has 8 nitrogen and oxygen atoms in total. The maximum atomic E-state index is 12.8. The van der Waals surface area contributed by atoms with Crippen LogP contribution in [0.25, 0.3) is 0 Å². The molecule has 236 valence electrons. The highest BCUT2D eigenvalue weighted by Crippen LogP contribution is 2.37. The van der Waals surface area contributed by atoms with E-state index in [2.05, 4.69) is 21.3 Å². The number of hydrogen-bond acceptors (Lipinski definition) is 6. The molecule has 0 aliphatic carbocycles. The number of benzene rings is 3. The number of piperidine rings is 2. The second kappa shape index (κ2) is 13.1. The molecule has 2 spiro atoms. The van der Waals surface area contributed by atoms with Crippen LogP contribution >= 0.6 is 0 Å². The number of para-hydroxylation sites is 3. The number of likely N-dealkylation sites (tertiary alicyclic amines) is 1. The molecule has 2 fully saturated rings. The van der Waals surface area contributed by atoms with Crippen LogP contribution in [-0.4, -0.2) is 59.8 Å². The van der Waals surface area contributed by atoms with E-state index in [1.165, 1.54) is 0 Å². The summed E-state index contributed by atoms with van der Waals surface area (Å²) >= 11 is 0. The third-order valence-corrected chi connectivity index (χ3v) is 10.2. The van der Waals surface area contributed by atoms with Gasteiger partial charge >= 0.3 is 6.03 Å². The number of aryl methyl sites for hydroxylation is 2. The average Bonchev–Trinajstić information content (AvgIpc) is 3.28. The predicted octanol–water partition coefficient (Wildman–Crippen LogP) is 6.96. The van der Waals surface area contributed by atoms with Crippen LogP contribution in [0.15, 0.2) is 66.7 Å². The summed E-state index contributed by atoms with van der Waals surface area (Å²) in [6, 6.07) is 21.7. The number of ketones is 2. The van der Waals surface area contributed by atoms with Gasteiger partial charge in [-0.05, 0) is 101 Å². The van der Waals surface area contributed by atoms with Crippen molar-refractivity contribution in [3.8, 4) is 0 Å². The molecule has 2 amide bonds. The molecule has 3 aromatic rings. The van der Waals surface area contributed by atoms with Gasteiger partial charge in [0.2, 0.25) is 0 Å². The van der Waals surface area contributed by atoms with Crippen LogP contribution in [0, 0.1) is 13.8 Å². The summed E-state index contributed by atoms with van der Waals surface area (Å²) < 4.78 is 0. The molecule has 0 radical (unpaired) electrons. The molecule has 0 unspecified atom stereocenters. The Hall–Kier alpha value is -4.17. The maximum Gasteiger partial charge on any atom is 0.321 e. The van der Waals surface area contributed by atoms with Crippen molar-refractivity contribution in [2.24, 2.45) is 0 Å². The van der Waals surface area contributed by atoms with Crippen LogP contribution < -0.4 is 21.3 Å². The van der Waals surface area contributed by atoms with Gasteiger partial charge in [0.05, 0.1) is 0 Å². The second-order valence-corrected chi connectivity index (χ2v) is 13.2. The lowest BCUT2D eigenvalue weighted by Gasteiger charge is -2.42. The zero-order valence-electron chi connectivity index (χ0n) is 26.5. The maximum absolute atomic E-state index is 12.8. The summed E-state index contributed by atoms with van der Waals surface area (Å²) in [5.74, 6) is 0.485. The Morgan fingerprint density at radius 1 is 0.667 bits per heavy atom. The van der Waals surface area contributed by atoms with Gasteiger partial charge in [-0.3, -0.25) is 9.59 Å². The molecule has 0 bridgehead atoms. The van der Waals surface area contributed by atoms with Gasteiger partial charge in [0.1, 0.15) is 0 Å². The molecule has 7 rings (SSSR count). The number of rotatable bonds is 1. The van der Waals surface area contributed by atoms with Crippen LogP contribution in [0.5, 0.6) is 0 Å². The summed E-state index contributed by atoms with van der Waals surface area (Å²) in [5.41, 5.74) is 6.67. The van der Waals surface area contributed by atoms with Gasteiger partial charge in [0.25, 0.3) is 0 Å². The number of anilines is 3. The standard InChI is InChI=1S/C23H27N3O2.C14H18N2O/c1-16-6-5-7-17(2)21(16)24-22(28)26-14-12-23(13-15-26)11-10-20(27)18-8-3-4-9-19(18)25-23;17-13-5-6-14(7-9-15-10-8-14)16-12-4-2-1-3-11(12)13/h3-9,25H,10-15H2,1-2H3,(H,24,28);1-4,15-16H,5-10H2. The number of nitrogens with one attached hydrogen (secondary N) is 4. The zero-order chi connectivity index (χ0) is 31.4. The second-order valence-electron chi connectivity index (χ2n) is 13.2. The first-order chi connectivity index (χ1) is 21.8. The zero-order valence-corrected chi connectivity index (χ0v) is 26.5. The molecule has 0 atom stereocenters. The fraction of sp³-hybridized carbons (Fsp3) is 0.432. The average molecular weight is 608 g/mol. The van der Waals surface area contributed by atoms with E-state index in [-0.39, 0.29) is 28.7 Å². The molecule has 4 heterocycles. The van der Waals surface area contributed by atoms with Crippen LogP contribution in [-0.2, 0) is 0 Å². The van der Waals surface area contributed by atoms with E-state index >= 15 is 0 Å². The van der Waals surface area contributed by atoms with Crippen LogP contribution in [0.3, 0.4) is 0 Å². The molecule has 3 aromatic carbocycles. The summed E-state index contributed by atoms with van der Waals surface area (Å²) in [6.07, 6.45) is 6.89. The SMILES string of the molecule is Cc1cccc(C)c1NC(=O)N1CCC2(CCC(=O)c3ccccc3N2)CC1.O=C1CCC2(CCNCC2)Nc2ccccc21. The minimum atomic E-state index is -0.113. The number of carbonyl (C=O) groups is 3. The Labute approximate surface area is 266 Å². The molecule has 4 aliphatic rings. The highest BCUT2D eigenvalue weighted by Gasteiger charge is 2.39. The van der Waals surface area contributed by atoms with Gasteiger partial charge < -0.3 is 26.2 Å². The lowest BCUT2D eigenvalue weighted by atomic mass is 9.83. The van der Waals surface area contributed by atoms with Gasteiger partial charge in [-0.2, -0.15) is 0 Å². The molecule has 4 aliphatic heterocycles. The number of Topliss-reactive ketones (excluding diaryl/α,β-unsaturated/α-hetero) is 2. The van der Waals surface area contributed by atoms with Gasteiger partial charge in [0, 0.05) is 65.2 Å². The Balaban J connectivity index is 0.000000179. The first-order valence-corrected chi connectivity index (χ1v) is 16.4. The molecule has 0 aromatic heterocycles. The van der Waals surface area contributed by atoms with Crippen molar-refractivity contribution in [3.05, 3.63) is 89.0 Å². The first kappa shape index (κ1) is 30.8. The fourth-order valence-electron chi connectivity index (χ4n) is 7.33. The molecular weight excluding hydrogens is 562 g/mol. The number of carbonyl (C=O) groups excluding carboxylic acids is 3. The van der Waals surface area contributed by atoms with E-state index in [1.807, 2.05) is 85.5 Å². The Morgan fingerprint density at radius 2 is 1.16 bits per heavy atom. The largest absolute Gasteiger partial charge is 0.379 e. The van der Waals surface area contributed by atoms with E-state index < -0.39 is 0 Å². The predicted molar refractivity (Wildman–Crippen MR) is 181 cm³/mol.